The highest BCUT2D eigenvalue weighted by atomic mass is 19.1. The van der Waals surface area contributed by atoms with E-state index in [9.17, 15) is 13.6 Å². The number of nitrogens with one attached hydrogen (secondary N) is 1. The predicted octanol–water partition coefficient (Wildman–Crippen LogP) is 3.13. The Morgan fingerprint density at radius 1 is 1.22 bits per heavy atom. The van der Waals surface area contributed by atoms with Crippen molar-refractivity contribution >= 4 is 5.91 Å². The maximum absolute atomic E-state index is 13.7. The van der Waals surface area contributed by atoms with Crippen molar-refractivity contribution < 1.29 is 27.8 Å². The molecule has 0 unspecified atom stereocenters. The highest BCUT2D eigenvalue weighted by Gasteiger charge is 2.17. The summed E-state index contributed by atoms with van der Waals surface area (Å²) in [6.07, 6.45) is 1.10. The summed E-state index contributed by atoms with van der Waals surface area (Å²) in [5.74, 6) is -0.151. The molecule has 1 amide bonds. The second-order valence-electron chi connectivity index (χ2n) is 6.23. The van der Waals surface area contributed by atoms with Gasteiger partial charge in [0.25, 0.3) is 0 Å². The van der Waals surface area contributed by atoms with E-state index in [0.29, 0.717) is 42.9 Å². The van der Waals surface area contributed by atoms with Gasteiger partial charge in [-0.2, -0.15) is 0 Å². The Balaban J connectivity index is 1.49. The Bertz CT molecular complexity index is 826. The third kappa shape index (κ3) is 4.95. The number of ether oxygens (including phenoxy) is 3. The Kier molecular flexibility index (Phi) is 6.24. The van der Waals surface area contributed by atoms with E-state index in [1.54, 1.807) is 12.1 Å². The van der Waals surface area contributed by atoms with Crippen LogP contribution in [0.25, 0.3) is 0 Å². The molecule has 0 bridgehead atoms. The normalized spacial score (nSPS) is 12.9. The predicted molar refractivity (Wildman–Crippen MR) is 94.7 cm³/mol. The average molecular weight is 377 g/mol. The number of rotatable bonds is 7. The smallest absolute Gasteiger partial charge is 0.220 e. The molecule has 7 heteroatoms. The maximum Gasteiger partial charge on any atom is 0.220 e. The van der Waals surface area contributed by atoms with Crippen molar-refractivity contribution in [2.24, 2.45) is 0 Å². The summed E-state index contributed by atoms with van der Waals surface area (Å²) in [7, 11) is 1.40. The third-order valence-corrected chi connectivity index (χ3v) is 4.33. The van der Waals surface area contributed by atoms with E-state index >= 15 is 0 Å². The van der Waals surface area contributed by atoms with Crippen LogP contribution < -0.4 is 14.8 Å². The molecule has 2 aromatic carbocycles. The SMILES string of the molecule is COc1ccc(CCC(=O)NCCc2cc(F)cc3c2OCOC3)cc1F. The monoisotopic (exact) mass is 377 g/mol. The second-order valence-corrected chi connectivity index (χ2v) is 6.23. The van der Waals surface area contributed by atoms with E-state index in [0.717, 1.165) is 5.56 Å². The van der Waals surface area contributed by atoms with Crippen LogP contribution in [0.3, 0.4) is 0 Å². The lowest BCUT2D eigenvalue weighted by Gasteiger charge is -2.21. The van der Waals surface area contributed by atoms with Gasteiger partial charge in [0.2, 0.25) is 5.91 Å². The number of aryl methyl sites for hydroxylation is 1. The van der Waals surface area contributed by atoms with Crippen LogP contribution in [0.2, 0.25) is 0 Å². The van der Waals surface area contributed by atoms with Crippen molar-refractivity contribution in [2.45, 2.75) is 25.9 Å². The highest BCUT2D eigenvalue weighted by molar-refractivity contribution is 5.76. The Labute approximate surface area is 156 Å². The summed E-state index contributed by atoms with van der Waals surface area (Å²) < 4.78 is 42.8. The Morgan fingerprint density at radius 2 is 2.07 bits per heavy atom. The van der Waals surface area contributed by atoms with Gasteiger partial charge in [0.15, 0.2) is 18.4 Å². The van der Waals surface area contributed by atoms with E-state index < -0.39 is 5.82 Å². The molecular weight excluding hydrogens is 356 g/mol. The molecule has 0 aliphatic carbocycles. The first-order valence-electron chi connectivity index (χ1n) is 8.68. The van der Waals surface area contributed by atoms with E-state index in [2.05, 4.69) is 5.32 Å². The second kappa shape index (κ2) is 8.81. The highest BCUT2D eigenvalue weighted by Crippen LogP contribution is 2.29. The van der Waals surface area contributed by atoms with Gasteiger partial charge in [0.1, 0.15) is 11.6 Å². The van der Waals surface area contributed by atoms with Gasteiger partial charge >= 0.3 is 0 Å². The van der Waals surface area contributed by atoms with Gasteiger partial charge in [-0.25, -0.2) is 8.78 Å². The molecule has 0 atom stereocenters. The van der Waals surface area contributed by atoms with Crippen molar-refractivity contribution in [3.8, 4) is 11.5 Å². The van der Waals surface area contributed by atoms with E-state index in [1.807, 2.05) is 0 Å². The first-order valence-corrected chi connectivity index (χ1v) is 8.68. The number of carbonyl (C=O) groups is 1. The minimum Gasteiger partial charge on any atom is -0.494 e. The van der Waals surface area contributed by atoms with E-state index in [4.69, 9.17) is 14.2 Å². The van der Waals surface area contributed by atoms with Crippen molar-refractivity contribution in [2.75, 3.05) is 20.4 Å². The summed E-state index contributed by atoms with van der Waals surface area (Å²) in [6.45, 7) is 0.803. The topological polar surface area (TPSA) is 56.8 Å². The number of halogens is 2. The molecule has 2 aromatic rings. The minimum absolute atomic E-state index is 0.135. The lowest BCUT2D eigenvalue weighted by atomic mass is 10.1. The van der Waals surface area contributed by atoms with Gasteiger partial charge in [-0.1, -0.05) is 6.07 Å². The van der Waals surface area contributed by atoms with Crippen molar-refractivity contribution in [3.63, 3.8) is 0 Å². The van der Waals surface area contributed by atoms with Crippen LogP contribution in [0, 0.1) is 11.6 Å². The molecule has 3 rings (SSSR count). The first kappa shape index (κ1) is 19.1. The molecule has 0 spiro atoms. The Hall–Kier alpha value is -2.67. The molecule has 5 nitrogen and oxygen atoms in total. The standard InChI is InChI=1S/C20H21F2NO4/c1-25-18-4-2-13(8-17(18)22)3-5-19(24)23-7-6-14-9-16(21)10-15-11-26-12-27-20(14)15/h2,4,8-10H,3,5-7,11-12H2,1H3,(H,23,24). The lowest BCUT2D eigenvalue weighted by Crippen LogP contribution is -2.26. The van der Waals surface area contributed by atoms with Gasteiger partial charge in [0, 0.05) is 18.5 Å². The number of hydrogen-bond acceptors (Lipinski definition) is 4. The molecule has 0 saturated carbocycles. The molecule has 1 N–H and O–H groups in total. The zero-order chi connectivity index (χ0) is 19.2. The fourth-order valence-electron chi connectivity index (χ4n) is 2.99. The summed E-state index contributed by atoms with van der Waals surface area (Å²) in [5.41, 5.74) is 2.09. The van der Waals surface area contributed by atoms with Crippen LogP contribution in [0.5, 0.6) is 11.5 Å². The van der Waals surface area contributed by atoms with Crippen LogP contribution in [0.4, 0.5) is 8.78 Å². The van der Waals surface area contributed by atoms with Crippen molar-refractivity contribution in [1.82, 2.24) is 5.32 Å². The zero-order valence-electron chi connectivity index (χ0n) is 15.0. The van der Waals surface area contributed by atoms with Crippen LogP contribution in [0.15, 0.2) is 30.3 Å². The summed E-state index contributed by atoms with van der Waals surface area (Å²) >= 11 is 0. The molecule has 0 radical (unpaired) electrons. The minimum atomic E-state index is -0.449. The quantitative estimate of drug-likeness (QED) is 0.806. The molecule has 0 saturated heterocycles. The van der Waals surface area contributed by atoms with Gasteiger partial charge in [-0.15, -0.1) is 0 Å². The van der Waals surface area contributed by atoms with Crippen molar-refractivity contribution in [1.29, 1.82) is 0 Å². The fraction of sp³-hybridized carbons (Fsp3) is 0.350. The molecule has 0 aromatic heterocycles. The largest absolute Gasteiger partial charge is 0.494 e. The van der Waals surface area contributed by atoms with E-state index in [1.165, 1.54) is 25.3 Å². The number of benzene rings is 2. The lowest BCUT2D eigenvalue weighted by molar-refractivity contribution is -0.121. The molecule has 1 aliphatic heterocycles. The number of methoxy groups -OCH3 is 1. The van der Waals surface area contributed by atoms with Gasteiger partial charge in [0.05, 0.1) is 13.7 Å². The Morgan fingerprint density at radius 3 is 2.85 bits per heavy atom. The summed E-state index contributed by atoms with van der Waals surface area (Å²) in [5, 5.41) is 2.80. The molecule has 27 heavy (non-hydrogen) atoms. The van der Waals surface area contributed by atoms with Gasteiger partial charge in [-0.05, 0) is 48.2 Å². The van der Waals surface area contributed by atoms with Crippen LogP contribution in [0.1, 0.15) is 23.1 Å². The third-order valence-electron chi connectivity index (χ3n) is 4.33. The summed E-state index contributed by atoms with van der Waals surface area (Å²) in [4.78, 5) is 12.0. The maximum atomic E-state index is 13.7. The zero-order valence-corrected chi connectivity index (χ0v) is 15.0. The van der Waals surface area contributed by atoms with Crippen molar-refractivity contribution in [3.05, 3.63) is 58.7 Å². The molecular formula is C20H21F2NO4. The summed E-state index contributed by atoms with van der Waals surface area (Å²) in [6, 6.07) is 7.44. The van der Waals surface area contributed by atoms with E-state index in [-0.39, 0.29) is 30.7 Å². The number of amides is 1. The molecule has 1 aliphatic rings. The number of fused-ring (bicyclic) bond motifs is 1. The van der Waals surface area contributed by atoms with Crippen LogP contribution >= 0.6 is 0 Å². The van der Waals surface area contributed by atoms with Crippen LogP contribution in [-0.2, 0) is 29.0 Å². The fourth-order valence-corrected chi connectivity index (χ4v) is 2.99. The number of hydrogen-bond donors (Lipinski definition) is 1. The van der Waals surface area contributed by atoms with Gasteiger partial charge < -0.3 is 19.5 Å². The number of carbonyl (C=O) groups excluding carboxylic acids is 1. The molecule has 144 valence electrons. The first-order chi connectivity index (χ1) is 13.1. The molecule has 0 fully saturated rings. The van der Waals surface area contributed by atoms with Gasteiger partial charge in [-0.3, -0.25) is 4.79 Å². The average Bonchev–Trinajstić information content (AvgIpc) is 2.66. The van der Waals surface area contributed by atoms with Crippen LogP contribution in [-0.4, -0.2) is 26.4 Å². The molecule has 1 heterocycles.